The number of sulfonamides is 1. The fraction of sp³-hybridized carbons (Fsp3) is 0.533. The third-order valence-corrected chi connectivity index (χ3v) is 17.2. The molecular formula is C45H56N8O12S. The number of methoxy groups -OCH3 is 1. The topological polar surface area (TPSA) is 284 Å². The van der Waals surface area contributed by atoms with Crippen LogP contribution in [-0.2, 0) is 19.6 Å². The van der Waals surface area contributed by atoms with Crippen molar-refractivity contribution in [3.8, 4) is 0 Å². The number of ether oxygens (including phenoxy) is 1. The summed E-state index contributed by atoms with van der Waals surface area (Å²) >= 11 is 0. The van der Waals surface area contributed by atoms with Crippen LogP contribution in [0.1, 0.15) is 78.6 Å². The average molecular weight is 933 g/mol. The molecule has 354 valence electrons. The SMILES string of the molecule is COC(=O)CC[C@@H](C)[C@H]1CC[C@H]2[C@@H]3[C@H](NC(=O)Nc4ccc([N+](=O)[O-])cc4)C[C@@H]4C[C@H](NS(=O)(=O)c5ccc([N+](=O)[O-])cc5)CC[C@]4(C)[C@H]3C[C@H](NC(=O)Nc3ccc([N+](=O)[O-])cc3)[C@]12C. The standard InChI is InChI=1S/C45H56N8O12S/c1-26(5-20-40(54)65-4)35-18-19-36-41-37(25-39(45(35,36)3)49-43(56)47-29-8-12-32(13-9-29)52(59)60)44(2)22-21-30(50-66(63,64)34-16-14-33(15-17-34)53(61)62)23-27(44)24-38(41)48-42(55)46-28-6-10-31(11-7-28)51(57)58/h6-17,26-27,30,35-39,41,50H,5,18-25H2,1-4H3,(H2,46,48,55)(H2,47,49,56)/t26-,27+,30-,35-,36+,37+,38-,39+,41+,44+,45-/m1/s1. The van der Waals surface area contributed by atoms with Crippen LogP contribution in [0.2, 0.25) is 0 Å². The van der Waals surface area contributed by atoms with Gasteiger partial charge in [-0.25, -0.2) is 22.7 Å². The molecular weight excluding hydrogens is 877 g/mol. The Labute approximate surface area is 381 Å². The lowest BCUT2D eigenvalue weighted by Gasteiger charge is -2.65. The van der Waals surface area contributed by atoms with Crippen LogP contribution in [0.5, 0.6) is 0 Å². The van der Waals surface area contributed by atoms with Crippen molar-refractivity contribution in [1.82, 2.24) is 15.4 Å². The highest BCUT2D eigenvalue weighted by molar-refractivity contribution is 7.89. The van der Waals surface area contributed by atoms with E-state index in [1.807, 2.05) is 0 Å². The number of nitrogens with zero attached hydrogens (tertiary/aromatic N) is 3. The van der Waals surface area contributed by atoms with E-state index in [1.54, 1.807) is 0 Å². The zero-order chi connectivity index (χ0) is 47.7. The molecule has 0 aromatic heterocycles. The van der Waals surface area contributed by atoms with Gasteiger partial charge in [0.15, 0.2) is 0 Å². The fourth-order valence-electron chi connectivity index (χ4n) is 12.4. The van der Waals surface area contributed by atoms with Crippen LogP contribution in [0.3, 0.4) is 0 Å². The molecule has 0 bridgehead atoms. The highest BCUT2D eigenvalue weighted by Gasteiger charge is 2.66. The van der Waals surface area contributed by atoms with Gasteiger partial charge in [-0.3, -0.25) is 35.1 Å². The van der Waals surface area contributed by atoms with E-state index in [2.05, 4.69) is 46.8 Å². The summed E-state index contributed by atoms with van der Waals surface area (Å²) in [5, 5.41) is 46.2. The van der Waals surface area contributed by atoms with Gasteiger partial charge in [0, 0.05) is 72.3 Å². The molecule has 0 radical (unpaired) electrons. The van der Waals surface area contributed by atoms with Crippen molar-refractivity contribution in [3.05, 3.63) is 103 Å². The van der Waals surface area contributed by atoms with Crippen LogP contribution < -0.4 is 26.0 Å². The summed E-state index contributed by atoms with van der Waals surface area (Å²) in [7, 11) is -2.72. The number of carbonyl (C=O) groups is 3. The lowest BCUT2D eigenvalue weighted by atomic mass is 9.42. The average Bonchev–Trinajstić information content (AvgIpc) is 3.64. The molecule has 4 aliphatic carbocycles. The van der Waals surface area contributed by atoms with E-state index < -0.39 is 60.4 Å². The molecule has 0 aliphatic heterocycles. The first-order valence-electron chi connectivity index (χ1n) is 22.2. The van der Waals surface area contributed by atoms with Crippen molar-refractivity contribution >= 4 is 56.5 Å². The number of nitrogens with one attached hydrogen (secondary N) is 5. The van der Waals surface area contributed by atoms with Crippen LogP contribution in [0, 0.1) is 76.7 Å². The van der Waals surface area contributed by atoms with Crippen LogP contribution in [0.25, 0.3) is 0 Å². The van der Waals surface area contributed by atoms with E-state index in [1.165, 1.54) is 67.8 Å². The summed E-state index contributed by atoms with van der Waals surface area (Å²) in [5.41, 5.74) is -0.690. The molecule has 4 aliphatic rings. The lowest BCUT2D eigenvalue weighted by Crippen LogP contribution is -2.68. The maximum absolute atomic E-state index is 14.1. The van der Waals surface area contributed by atoms with E-state index >= 15 is 0 Å². The van der Waals surface area contributed by atoms with Gasteiger partial charge in [-0.2, -0.15) is 0 Å². The Kier molecular flexibility index (Phi) is 13.7. The van der Waals surface area contributed by atoms with E-state index in [4.69, 9.17) is 4.74 Å². The molecule has 0 saturated heterocycles. The number of nitro groups is 3. The molecule has 0 unspecified atom stereocenters. The number of hydrogen-bond acceptors (Lipinski definition) is 12. The Morgan fingerprint density at radius 2 is 1.27 bits per heavy atom. The van der Waals surface area contributed by atoms with Crippen molar-refractivity contribution in [2.75, 3.05) is 17.7 Å². The van der Waals surface area contributed by atoms with Gasteiger partial charge >= 0.3 is 18.0 Å². The molecule has 11 atom stereocenters. The number of urea groups is 2. The minimum absolute atomic E-state index is 0.0349. The molecule has 5 N–H and O–H groups in total. The number of carbonyl (C=O) groups excluding carboxylic acids is 3. The number of hydrogen-bond donors (Lipinski definition) is 5. The summed E-state index contributed by atoms with van der Waals surface area (Å²) in [4.78, 5) is 72.6. The van der Waals surface area contributed by atoms with E-state index in [-0.39, 0.29) is 75.3 Å². The number of esters is 1. The third-order valence-electron chi connectivity index (χ3n) is 15.6. The Bertz CT molecular complexity index is 2460. The molecule has 0 heterocycles. The van der Waals surface area contributed by atoms with Crippen LogP contribution in [0.4, 0.5) is 38.0 Å². The number of fused-ring (bicyclic) bond motifs is 5. The normalized spacial score (nSPS) is 29.4. The molecule has 66 heavy (non-hydrogen) atoms. The fourth-order valence-corrected chi connectivity index (χ4v) is 13.7. The predicted octanol–water partition coefficient (Wildman–Crippen LogP) is 7.91. The Balaban J connectivity index is 1.22. The third kappa shape index (κ3) is 9.67. The van der Waals surface area contributed by atoms with Crippen molar-refractivity contribution in [2.45, 2.75) is 102 Å². The molecule has 4 amide bonds. The summed E-state index contributed by atoms with van der Waals surface area (Å²) in [6, 6.07) is 13.5. The maximum Gasteiger partial charge on any atom is 0.319 e. The summed E-state index contributed by atoms with van der Waals surface area (Å²) in [5.74, 6) is -0.560. The van der Waals surface area contributed by atoms with E-state index in [0.29, 0.717) is 49.9 Å². The molecule has 0 spiro atoms. The number of rotatable bonds is 14. The first kappa shape index (κ1) is 47.7. The van der Waals surface area contributed by atoms with Crippen molar-refractivity contribution in [3.63, 3.8) is 0 Å². The smallest absolute Gasteiger partial charge is 0.319 e. The Morgan fingerprint density at radius 1 is 0.742 bits per heavy atom. The summed E-state index contributed by atoms with van der Waals surface area (Å²) < 4.78 is 35.2. The highest BCUT2D eigenvalue weighted by atomic mass is 32.2. The Morgan fingerprint density at radius 3 is 1.80 bits per heavy atom. The largest absolute Gasteiger partial charge is 0.469 e. The zero-order valence-corrected chi connectivity index (χ0v) is 38.0. The van der Waals surface area contributed by atoms with Crippen LogP contribution >= 0.6 is 0 Å². The second kappa shape index (κ2) is 18.9. The summed E-state index contributed by atoms with van der Waals surface area (Å²) in [6.45, 7) is 6.54. The van der Waals surface area contributed by atoms with Gasteiger partial charge in [-0.15, -0.1) is 0 Å². The number of anilines is 2. The molecule has 3 aromatic rings. The quantitative estimate of drug-likeness (QED) is 0.0586. The molecule has 20 nitrogen and oxygen atoms in total. The first-order valence-corrected chi connectivity index (χ1v) is 23.7. The zero-order valence-electron chi connectivity index (χ0n) is 37.1. The van der Waals surface area contributed by atoms with E-state index in [0.717, 1.165) is 25.0 Å². The monoisotopic (exact) mass is 932 g/mol. The van der Waals surface area contributed by atoms with Gasteiger partial charge in [0.1, 0.15) is 0 Å². The second-order valence-corrected chi connectivity index (χ2v) is 20.6. The predicted molar refractivity (Wildman–Crippen MR) is 242 cm³/mol. The first-order chi connectivity index (χ1) is 31.2. The summed E-state index contributed by atoms with van der Waals surface area (Å²) in [6.07, 6.45) is 4.92. The Hall–Kier alpha value is -6.22. The molecule has 3 aromatic carbocycles. The van der Waals surface area contributed by atoms with Crippen LogP contribution in [-0.4, -0.2) is 66.5 Å². The number of nitro benzene ring substituents is 3. The van der Waals surface area contributed by atoms with Crippen molar-refractivity contribution in [1.29, 1.82) is 0 Å². The second-order valence-electron chi connectivity index (χ2n) is 18.9. The molecule has 4 saturated carbocycles. The number of amides is 4. The minimum atomic E-state index is -4.07. The van der Waals surface area contributed by atoms with Gasteiger partial charge in [-0.05, 0) is 134 Å². The number of non-ortho nitro benzene ring substituents is 3. The molecule has 7 rings (SSSR count). The van der Waals surface area contributed by atoms with Gasteiger partial charge in [0.2, 0.25) is 10.0 Å². The molecule has 21 heteroatoms. The lowest BCUT2D eigenvalue weighted by molar-refractivity contribution is -0.385. The minimum Gasteiger partial charge on any atom is -0.469 e. The molecule has 4 fully saturated rings. The number of benzene rings is 3. The van der Waals surface area contributed by atoms with Gasteiger partial charge in [0.05, 0.1) is 26.8 Å². The highest BCUT2D eigenvalue weighted by Crippen LogP contribution is 2.68. The van der Waals surface area contributed by atoms with Gasteiger partial charge < -0.3 is 26.0 Å². The van der Waals surface area contributed by atoms with Crippen molar-refractivity contribution in [2.24, 2.45) is 46.3 Å². The van der Waals surface area contributed by atoms with Crippen molar-refractivity contribution < 1.29 is 42.3 Å². The van der Waals surface area contributed by atoms with Gasteiger partial charge in [0.25, 0.3) is 17.1 Å². The van der Waals surface area contributed by atoms with Crippen LogP contribution in [0.15, 0.2) is 77.7 Å². The van der Waals surface area contributed by atoms with E-state index in [9.17, 15) is 53.1 Å². The maximum atomic E-state index is 14.1. The van der Waals surface area contributed by atoms with Gasteiger partial charge in [-0.1, -0.05) is 20.8 Å².